The lowest BCUT2D eigenvalue weighted by Gasteiger charge is -2.27. The van der Waals surface area contributed by atoms with Crippen molar-refractivity contribution in [2.24, 2.45) is 0 Å². The first-order valence-corrected chi connectivity index (χ1v) is 10.3. The van der Waals surface area contributed by atoms with Crippen LogP contribution in [0.15, 0.2) is 55.0 Å². The second-order valence-corrected chi connectivity index (χ2v) is 7.48. The minimum absolute atomic E-state index is 0.0669. The lowest BCUT2D eigenvalue weighted by atomic mass is 10.0. The van der Waals surface area contributed by atoms with Crippen LogP contribution in [0.1, 0.15) is 29.1 Å². The highest BCUT2D eigenvalue weighted by Crippen LogP contribution is 2.26. The average molecular weight is 414 g/mol. The molecule has 1 saturated heterocycles. The van der Waals surface area contributed by atoms with Crippen molar-refractivity contribution < 1.29 is 9.53 Å². The Bertz CT molecular complexity index is 1250. The summed E-state index contributed by atoms with van der Waals surface area (Å²) in [6, 6.07) is 13.4. The molecule has 3 aromatic heterocycles. The van der Waals surface area contributed by atoms with Crippen molar-refractivity contribution in [2.45, 2.75) is 13.0 Å². The van der Waals surface area contributed by atoms with Crippen LogP contribution in [0.4, 0.5) is 5.82 Å². The quantitative estimate of drug-likeness (QED) is 0.548. The monoisotopic (exact) mass is 414 g/mol. The van der Waals surface area contributed by atoms with Crippen LogP contribution in [-0.4, -0.2) is 57.0 Å². The van der Waals surface area contributed by atoms with E-state index in [4.69, 9.17) is 9.72 Å². The molecule has 0 spiro atoms. The van der Waals surface area contributed by atoms with Gasteiger partial charge in [0, 0.05) is 24.7 Å². The molecule has 156 valence electrons. The molecule has 4 heterocycles. The zero-order chi connectivity index (χ0) is 21.2. The molecule has 4 aromatic rings. The first-order chi connectivity index (χ1) is 15.2. The fourth-order valence-electron chi connectivity index (χ4n) is 3.80. The molecule has 5 rings (SSSR count). The molecule has 1 atom stereocenters. The molecule has 1 aromatic carbocycles. The van der Waals surface area contributed by atoms with Gasteiger partial charge in [0.15, 0.2) is 5.82 Å². The number of hydrogen-bond donors (Lipinski definition) is 1. The van der Waals surface area contributed by atoms with Crippen LogP contribution < -0.4 is 5.32 Å². The molecule has 1 aliphatic heterocycles. The fourth-order valence-corrected chi connectivity index (χ4v) is 3.80. The molecule has 0 radical (unpaired) electrons. The minimum Gasteiger partial charge on any atom is -0.378 e. The Balaban J connectivity index is 1.52. The number of ether oxygens (including phenoxy) is 1. The van der Waals surface area contributed by atoms with Gasteiger partial charge in [-0.25, -0.2) is 15.0 Å². The van der Waals surface area contributed by atoms with E-state index in [1.54, 1.807) is 6.20 Å². The minimum atomic E-state index is -0.194. The van der Waals surface area contributed by atoms with Crippen molar-refractivity contribution in [1.82, 2.24) is 24.8 Å². The number of morpholine rings is 1. The molecule has 1 amide bonds. The van der Waals surface area contributed by atoms with Crippen LogP contribution in [0.5, 0.6) is 0 Å². The summed E-state index contributed by atoms with van der Waals surface area (Å²) >= 11 is 0. The summed E-state index contributed by atoms with van der Waals surface area (Å²) in [4.78, 5) is 32.9. The maximum atomic E-state index is 13.3. The van der Waals surface area contributed by atoms with E-state index in [9.17, 15) is 4.79 Å². The average Bonchev–Trinajstić information content (AvgIpc) is 2.83. The molecule has 0 bridgehead atoms. The first-order valence-electron chi connectivity index (χ1n) is 10.3. The summed E-state index contributed by atoms with van der Waals surface area (Å²) in [5, 5.41) is 5.22. The van der Waals surface area contributed by atoms with Gasteiger partial charge in [-0.05, 0) is 30.5 Å². The van der Waals surface area contributed by atoms with Crippen molar-refractivity contribution in [3.8, 4) is 0 Å². The number of rotatable bonds is 4. The summed E-state index contributed by atoms with van der Waals surface area (Å²) < 4.78 is 5.39. The largest absolute Gasteiger partial charge is 0.378 e. The third-order valence-corrected chi connectivity index (χ3v) is 5.45. The van der Waals surface area contributed by atoms with Gasteiger partial charge in [0.1, 0.15) is 17.5 Å². The Morgan fingerprint density at radius 3 is 2.81 bits per heavy atom. The van der Waals surface area contributed by atoms with Crippen LogP contribution >= 0.6 is 0 Å². The predicted molar refractivity (Wildman–Crippen MR) is 118 cm³/mol. The number of benzene rings is 1. The Hall–Kier alpha value is -3.65. The lowest BCUT2D eigenvalue weighted by molar-refractivity contribution is 0.0300. The summed E-state index contributed by atoms with van der Waals surface area (Å²) in [5.41, 5.74) is 2.69. The van der Waals surface area contributed by atoms with Gasteiger partial charge in [0.05, 0.1) is 30.5 Å². The van der Waals surface area contributed by atoms with Crippen LogP contribution in [0.2, 0.25) is 0 Å². The molecule has 0 aliphatic carbocycles. The molecule has 8 nitrogen and oxygen atoms in total. The molecule has 0 unspecified atom stereocenters. The molecule has 1 aliphatic rings. The third kappa shape index (κ3) is 3.77. The van der Waals surface area contributed by atoms with E-state index in [2.05, 4.69) is 20.3 Å². The van der Waals surface area contributed by atoms with Gasteiger partial charge in [-0.2, -0.15) is 0 Å². The van der Waals surface area contributed by atoms with Crippen LogP contribution in [0.3, 0.4) is 0 Å². The smallest absolute Gasteiger partial charge is 0.273 e. The van der Waals surface area contributed by atoms with Crippen molar-refractivity contribution in [3.05, 3.63) is 66.4 Å². The number of carbonyl (C=O) groups excluding carboxylic acids is 1. The van der Waals surface area contributed by atoms with Crippen LogP contribution in [0.25, 0.3) is 21.8 Å². The molecule has 8 heteroatoms. The summed E-state index contributed by atoms with van der Waals surface area (Å²) in [5.74, 6) is 0.566. The Kier molecular flexibility index (Phi) is 5.13. The number of pyridine rings is 2. The molecule has 1 N–H and O–H groups in total. The standard InChI is InChI=1S/C23H22N6O2/c1-15(27-22-21-18(25-14-26-22)7-4-8-24-21)19-13-16-5-2-3-6-17(16)20(28-19)23(30)29-9-11-31-12-10-29/h2-8,13-15H,9-12H2,1H3,(H,25,26,27)/t15-/m0/s1. The van der Waals surface area contributed by atoms with E-state index >= 15 is 0 Å². The van der Waals surface area contributed by atoms with Crippen LogP contribution in [0, 0.1) is 0 Å². The number of anilines is 1. The lowest BCUT2D eigenvalue weighted by Crippen LogP contribution is -2.41. The molecule has 1 fully saturated rings. The zero-order valence-corrected chi connectivity index (χ0v) is 17.2. The molecular formula is C23H22N6O2. The molecule has 31 heavy (non-hydrogen) atoms. The Labute approximate surface area is 179 Å². The second-order valence-electron chi connectivity index (χ2n) is 7.48. The number of nitrogens with zero attached hydrogens (tertiary/aromatic N) is 5. The topological polar surface area (TPSA) is 93.1 Å². The van der Waals surface area contributed by atoms with Gasteiger partial charge in [0.25, 0.3) is 5.91 Å². The number of hydrogen-bond acceptors (Lipinski definition) is 7. The summed E-state index contributed by atoms with van der Waals surface area (Å²) in [6.45, 7) is 4.25. The van der Waals surface area contributed by atoms with Crippen molar-refractivity contribution in [3.63, 3.8) is 0 Å². The van der Waals surface area contributed by atoms with Crippen molar-refractivity contribution in [1.29, 1.82) is 0 Å². The van der Waals surface area contributed by atoms with E-state index in [-0.39, 0.29) is 11.9 Å². The fraction of sp³-hybridized carbons (Fsp3) is 0.261. The van der Waals surface area contributed by atoms with Gasteiger partial charge in [-0.1, -0.05) is 24.3 Å². The SMILES string of the molecule is C[C@H](Nc1ncnc2cccnc12)c1cc2ccccc2c(C(=O)N2CCOCC2)n1. The summed E-state index contributed by atoms with van der Waals surface area (Å²) in [7, 11) is 0. The van der Waals surface area contributed by atoms with Gasteiger partial charge < -0.3 is 15.0 Å². The first kappa shape index (κ1) is 19.3. The van der Waals surface area contributed by atoms with Crippen molar-refractivity contribution >= 4 is 33.5 Å². The van der Waals surface area contributed by atoms with Gasteiger partial charge in [0.2, 0.25) is 0 Å². The maximum Gasteiger partial charge on any atom is 0.273 e. The van der Waals surface area contributed by atoms with Gasteiger partial charge in [-0.15, -0.1) is 0 Å². The number of carbonyl (C=O) groups is 1. The van der Waals surface area contributed by atoms with E-state index < -0.39 is 0 Å². The number of nitrogens with one attached hydrogen (secondary N) is 1. The Morgan fingerprint density at radius 2 is 1.94 bits per heavy atom. The normalized spacial score (nSPS) is 15.2. The number of aromatic nitrogens is 4. The van der Waals surface area contributed by atoms with E-state index in [1.165, 1.54) is 6.33 Å². The molecular weight excluding hydrogens is 392 g/mol. The third-order valence-electron chi connectivity index (χ3n) is 5.45. The highest BCUT2D eigenvalue weighted by atomic mass is 16.5. The zero-order valence-electron chi connectivity index (χ0n) is 17.2. The van der Waals surface area contributed by atoms with E-state index in [0.717, 1.165) is 22.0 Å². The predicted octanol–water partition coefficient (Wildman–Crippen LogP) is 3.22. The van der Waals surface area contributed by atoms with E-state index in [0.29, 0.717) is 43.3 Å². The van der Waals surface area contributed by atoms with Crippen LogP contribution in [-0.2, 0) is 4.74 Å². The van der Waals surface area contributed by atoms with Gasteiger partial charge in [-0.3, -0.25) is 9.78 Å². The highest BCUT2D eigenvalue weighted by molar-refractivity contribution is 6.05. The molecule has 0 saturated carbocycles. The second kappa shape index (κ2) is 8.23. The Morgan fingerprint density at radius 1 is 1.10 bits per heavy atom. The number of fused-ring (bicyclic) bond motifs is 2. The summed E-state index contributed by atoms with van der Waals surface area (Å²) in [6.07, 6.45) is 3.23. The highest BCUT2D eigenvalue weighted by Gasteiger charge is 2.23. The number of amides is 1. The maximum absolute atomic E-state index is 13.3. The van der Waals surface area contributed by atoms with Gasteiger partial charge >= 0.3 is 0 Å². The van der Waals surface area contributed by atoms with E-state index in [1.807, 2.05) is 54.3 Å². The van der Waals surface area contributed by atoms with Crippen molar-refractivity contribution in [2.75, 3.05) is 31.6 Å².